The third-order valence-electron chi connectivity index (χ3n) is 3.58. The Hall–Kier alpha value is -1.86. The van der Waals surface area contributed by atoms with Crippen molar-refractivity contribution in [2.45, 2.75) is 31.7 Å². The minimum absolute atomic E-state index is 0.430. The highest BCUT2D eigenvalue weighted by molar-refractivity contribution is 5.77. The second-order valence-corrected chi connectivity index (χ2v) is 4.94. The van der Waals surface area contributed by atoms with Gasteiger partial charge in [-0.3, -0.25) is 9.69 Å². The molecule has 1 aromatic rings. The van der Waals surface area contributed by atoms with Crippen LogP contribution < -0.4 is 0 Å². The van der Waals surface area contributed by atoms with Gasteiger partial charge in [-0.15, -0.1) is 0 Å². The predicted octanol–water partition coefficient (Wildman–Crippen LogP) is 2.36. The molecule has 2 rings (SSSR count). The van der Waals surface area contributed by atoms with E-state index in [2.05, 4.69) is 11.0 Å². The molecule has 0 amide bonds. The van der Waals surface area contributed by atoms with Crippen LogP contribution in [0.3, 0.4) is 0 Å². The van der Waals surface area contributed by atoms with Crippen LogP contribution in [0.5, 0.6) is 0 Å². The Morgan fingerprint density at radius 1 is 1.42 bits per heavy atom. The fourth-order valence-corrected chi connectivity index (χ4v) is 2.60. The van der Waals surface area contributed by atoms with E-state index in [0.717, 1.165) is 37.1 Å². The maximum absolute atomic E-state index is 11.4. The van der Waals surface area contributed by atoms with E-state index in [9.17, 15) is 9.90 Å². The SMILES string of the molecule is N#CCCCCN1Cc2ccccc2C(C(=O)O)C1. The summed E-state index contributed by atoms with van der Waals surface area (Å²) < 4.78 is 0. The van der Waals surface area contributed by atoms with Crippen molar-refractivity contribution >= 4 is 5.97 Å². The summed E-state index contributed by atoms with van der Waals surface area (Å²) in [6.45, 7) is 2.24. The molecule has 1 heterocycles. The Bertz CT molecular complexity index is 493. The third-order valence-corrected chi connectivity index (χ3v) is 3.58. The van der Waals surface area contributed by atoms with Gasteiger partial charge in [0, 0.05) is 19.5 Å². The average molecular weight is 258 g/mol. The number of aliphatic carboxylic acids is 1. The van der Waals surface area contributed by atoms with Crippen molar-refractivity contribution < 1.29 is 9.90 Å². The number of fused-ring (bicyclic) bond motifs is 1. The van der Waals surface area contributed by atoms with E-state index >= 15 is 0 Å². The fraction of sp³-hybridized carbons (Fsp3) is 0.467. The zero-order valence-corrected chi connectivity index (χ0v) is 10.9. The first-order valence-corrected chi connectivity index (χ1v) is 6.62. The molecule has 0 spiro atoms. The Balaban J connectivity index is 2.04. The first kappa shape index (κ1) is 13.6. The summed E-state index contributed by atoms with van der Waals surface area (Å²) in [5.41, 5.74) is 2.06. The number of benzene rings is 1. The summed E-state index contributed by atoms with van der Waals surface area (Å²) in [7, 11) is 0. The van der Waals surface area contributed by atoms with Crippen LogP contribution in [0.2, 0.25) is 0 Å². The van der Waals surface area contributed by atoms with E-state index in [4.69, 9.17) is 5.26 Å². The lowest BCUT2D eigenvalue weighted by Crippen LogP contribution is -2.37. The third kappa shape index (κ3) is 3.33. The zero-order valence-electron chi connectivity index (χ0n) is 10.9. The first-order valence-electron chi connectivity index (χ1n) is 6.62. The monoisotopic (exact) mass is 258 g/mol. The summed E-state index contributed by atoms with van der Waals surface area (Å²) in [4.78, 5) is 13.5. The van der Waals surface area contributed by atoms with E-state index in [1.807, 2.05) is 24.3 Å². The molecule has 1 aliphatic heterocycles. The topological polar surface area (TPSA) is 64.3 Å². The molecule has 1 atom stereocenters. The molecule has 4 heteroatoms. The number of hydrogen-bond acceptors (Lipinski definition) is 3. The maximum Gasteiger partial charge on any atom is 0.312 e. The fourth-order valence-electron chi connectivity index (χ4n) is 2.60. The highest BCUT2D eigenvalue weighted by Crippen LogP contribution is 2.28. The van der Waals surface area contributed by atoms with Crippen LogP contribution in [-0.2, 0) is 11.3 Å². The molecule has 4 nitrogen and oxygen atoms in total. The summed E-state index contributed by atoms with van der Waals surface area (Å²) in [5.74, 6) is -1.19. The van der Waals surface area contributed by atoms with Crippen LogP contribution in [0.1, 0.15) is 36.3 Å². The number of rotatable bonds is 5. The predicted molar refractivity (Wildman–Crippen MR) is 71.6 cm³/mol. The molecule has 0 bridgehead atoms. The molecule has 1 aromatic carbocycles. The van der Waals surface area contributed by atoms with Gasteiger partial charge in [-0.25, -0.2) is 0 Å². The molecule has 0 aromatic heterocycles. The number of carboxylic acids is 1. The molecule has 1 unspecified atom stereocenters. The normalized spacial score (nSPS) is 18.6. The largest absolute Gasteiger partial charge is 0.481 e. The second kappa shape index (κ2) is 6.35. The minimum Gasteiger partial charge on any atom is -0.481 e. The second-order valence-electron chi connectivity index (χ2n) is 4.94. The summed E-state index contributed by atoms with van der Waals surface area (Å²) in [6, 6.07) is 9.92. The lowest BCUT2D eigenvalue weighted by Gasteiger charge is -2.32. The molecule has 1 N–H and O–H groups in total. The van der Waals surface area contributed by atoms with Crippen LogP contribution in [0, 0.1) is 11.3 Å². The van der Waals surface area contributed by atoms with Gasteiger partial charge in [0.05, 0.1) is 12.0 Å². The van der Waals surface area contributed by atoms with Crippen molar-refractivity contribution in [2.24, 2.45) is 0 Å². The van der Waals surface area contributed by atoms with Gasteiger partial charge in [0.15, 0.2) is 0 Å². The van der Waals surface area contributed by atoms with Gasteiger partial charge in [0.2, 0.25) is 0 Å². The van der Waals surface area contributed by atoms with Gasteiger partial charge in [-0.05, 0) is 30.5 Å². The number of nitriles is 1. The lowest BCUT2D eigenvalue weighted by atomic mass is 9.89. The van der Waals surface area contributed by atoms with E-state index in [1.165, 1.54) is 0 Å². The molecular weight excluding hydrogens is 240 g/mol. The highest BCUT2D eigenvalue weighted by atomic mass is 16.4. The molecule has 19 heavy (non-hydrogen) atoms. The van der Waals surface area contributed by atoms with Crippen molar-refractivity contribution in [3.8, 4) is 6.07 Å². The van der Waals surface area contributed by atoms with Gasteiger partial charge in [-0.2, -0.15) is 5.26 Å². The van der Waals surface area contributed by atoms with Crippen LogP contribution in [0.4, 0.5) is 0 Å². The van der Waals surface area contributed by atoms with E-state index < -0.39 is 11.9 Å². The first-order chi connectivity index (χ1) is 9.22. The maximum atomic E-state index is 11.4. The molecule has 0 fully saturated rings. The molecular formula is C15H18N2O2. The van der Waals surface area contributed by atoms with Crippen LogP contribution in [-0.4, -0.2) is 29.1 Å². The van der Waals surface area contributed by atoms with E-state index in [-0.39, 0.29) is 0 Å². The molecule has 0 saturated heterocycles. The number of hydrogen-bond donors (Lipinski definition) is 1. The Morgan fingerprint density at radius 2 is 2.21 bits per heavy atom. The van der Waals surface area contributed by atoms with Crippen molar-refractivity contribution in [3.63, 3.8) is 0 Å². The Labute approximate surface area is 113 Å². The molecule has 0 aliphatic carbocycles. The standard InChI is InChI=1S/C15H18N2O2/c16-8-4-1-5-9-17-10-12-6-2-3-7-13(12)14(11-17)15(18)19/h2-3,6-7,14H,1,4-5,9-11H2,(H,18,19). The lowest BCUT2D eigenvalue weighted by molar-refractivity contribution is -0.139. The van der Waals surface area contributed by atoms with Crippen LogP contribution in [0.25, 0.3) is 0 Å². The molecule has 1 aliphatic rings. The Kier molecular flexibility index (Phi) is 4.53. The van der Waals surface area contributed by atoms with E-state index in [1.54, 1.807) is 0 Å². The summed E-state index contributed by atoms with van der Waals surface area (Å²) in [5, 5.41) is 17.8. The number of carbonyl (C=O) groups is 1. The molecule has 0 saturated carbocycles. The number of carboxylic acid groups (broad SMARTS) is 1. The molecule has 100 valence electrons. The average Bonchev–Trinajstić information content (AvgIpc) is 2.42. The van der Waals surface area contributed by atoms with E-state index in [0.29, 0.717) is 13.0 Å². The van der Waals surface area contributed by atoms with Gasteiger partial charge >= 0.3 is 5.97 Å². The quantitative estimate of drug-likeness (QED) is 0.823. The summed E-state index contributed by atoms with van der Waals surface area (Å²) in [6.07, 6.45) is 2.40. The number of unbranched alkanes of at least 4 members (excludes halogenated alkanes) is 2. The van der Waals surface area contributed by atoms with Crippen molar-refractivity contribution in [1.82, 2.24) is 4.90 Å². The van der Waals surface area contributed by atoms with Crippen molar-refractivity contribution in [3.05, 3.63) is 35.4 Å². The van der Waals surface area contributed by atoms with Gasteiger partial charge < -0.3 is 5.11 Å². The van der Waals surface area contributed by atoms with Crippen molar-refractivity contribution in [1.29, 1.82) is 5.26 Å². The van der Waals surface area contributed by atoms with Gasteiger partial charge in [0.25, 0.3) is 0 Å². The smallest absolute Gasteiger partial charge is 0.312 e. The highest BCUT2D eigenvalue weighted by Gasteiger charge is 2.29. The van der Waals surface area contributed by atoms with Crippen LogP contribution in [0.15, 0.2) is 24.3 Å². The summed E-state index contributed by atoms with van der Waals surface area (Å²) >= 11 is 0. The minimum atomic E-state index is -0.755. The molecule has 0 radical (unpaired) electrons. The van der Waals surface area contributed by atoms with Gasteiger partial charge in [0.1, 0.15) is 0 Å². The Morgan fingerprint density at radius 3 is 2.95 bits per heavy atom. The zero-order chi connectivity index (χ0) is 13.7. The van der Waals surface area contributed by atoms with Gasteiger partial charge in [-0.1, -0.05) is 24.3 Å². The van der Waals surface area contributed by atoms with Crippen molar-refractivity contribution in [2.75, 3.05) is 13.1 Å². The van der Waals surface area contributed by atoms with Crippen LogP contribution >= 0.6 is 0 Å². The number of nitrogens with zero attached hydrogens (tertiary/aromatic N) is 2.